The molecule has 1 aliphatic carbocycles. The Kier molecular flexibility index (Phi) is 6.18. The lowest BCUT2D eigenvalue weighted by molar-refractivity contribution is -0.117. The maximum absolute atomic E-state index is 12.7. The quantitative estimate of drug-likeness (QED) is 0.553. The molecule has 0 radical (unpaired) electrons. The normalized spacial score (nSPS) is 12.9. The highest BCUT2D eigenvalue weighted by molar-refractivity contribution is 7.99. The van der Waals surface area contributed by atoms with Gasteiger partial charge in [-0.05, 0) is 49.2 Å². The van der Waals surface area contributed by atoms with Crippen molar-refractivity contribution in [3.63, 3.8) is 0 Å². The number of carbonyl (C=O) groups is 3. The predicted octanol–water partition coefficient (Wildman–Crippen LogP) is 3.18. The number of amides is 3. The van der Waals surface area contributed by atoms with Crippen LogP contribution < -0.4 is 15.4 Å². The van der Waals surface area contributed by atoms with Gasteiger partial charge in [0.1, 0.15) is 5.75 Å². The van der Waals surface area contributed by atoms with Crippen LogP contribution in [0, 0.1) is 0 Å². The van der Waals surface area contributed by atoms with Crippen LogP contribution in [0.3, 0.4) is 0 Å². The Morgan fingerprint density at radius 2 is 1.81 bits per heavy atom. The number of hydrogen-bond donors (Lipinski definition) is 2. The zero-order chi connectivity index (χ0) is 21.8. The molecule has 0 saturated heterocycles. The standard InChI is InChI=1S/C23H21N3O4S/c1-30-16-10-6-14(7-11-16)22(28)26-20(27)13-31-21-12-18(23(29)24-15-8-9-15)17-4-2-3-5-19(17)25-21/h2-7,10-12,15H,8-9,13H2,1H3,(H,24,29)(H,26,27,28). The fraction of sp³-hybridized carbons (Fsp3) is 0.217. The summed E-state index contributed by atoms with van der Waals surface area (Å²) in [5.41, 5.74) is 1.58. The van der Waals surface area contributed by atoms with Gasteiger partial charge in [-0.25, -0.2) is 4.98 Å². The van der Waals surface area contributed by atoms with Gasteiger partial charge in [-0.15, -0.1) is 0 Å². The van der Waals surface area contributed by atoms with Crippen LogP contribution in [0.5, 0.6) is 5.75 Å². The minimum atomic E-state index is -0.482. The van der Waals surface area contributed by atoms with Crippen LogP contribution >= 0.6 is 11.8 Å². The monoisotopic (exact) mass is 435 g/mol. The number of imide groups is 1. The first-order valence-corrected chi connectivity index (χ1v) is 10.8. The molecule has 0 unspecified atom stereocenters. The number of aromatic nitrogens is 1. The molecule has 1 saturated carbocycles. The van der Waals surface area contributed by atoms with Crippen LogP contribution in [0.1, 0.15) is 33.6 Å². The van der Waals surface area contributed by atoms with E-state index in [9.17, 15) is 14.4 Å². The Morgan fingerprint density at radius 3 is 2.52 bits per heavy atom. The van der Waals surface area contributed by atoms with Crippen LogP contribution in [0.25, 0.3) is 10.9 Å². The molecule has 0 spiro atoms. The Bertz CT molecular complexity index is 1140. The lowest BCUT2D eigenvalue weighted by Gasteiger charge is -2.10. The van der Waals surface area contributed by atoms with Gasteiger partial charge in [-0.2, -0.15) is 0 Å². The molecule has 1 heterocycles. The van der Waals surface area contributed by atoms with Gasteiger partial charge in [0.25, 0.3) is 11.8 Å². The van der Waals surface area contributed by atoms with Gasteiger partial charge in [0.15, 0.2) is 0 Å². The van der Waals surface area contributed by atoms with E-state index in [0.29, 0.717) is 27.4 Å². The molecule has 0 atom stereocenters. The third-order valence-corrected chi connectivity index (χ3v) is 5.72. The van der Waals surface area contributed by atoms with Crippen LogP contribution in [0.4, 0.5) is 0 Å². The van der Waals surface area contributed by atoms with Crippen LogP contribution in [-0.4, -0.2) is 41.6 Å². The number of para-hydroxylation sites is 1. The molecular formula is C23H21N3O4S. The van der Waals surface area contributed by atoms with Crippen LogP contribution in [0.15, 0.2) is 59.6 Å². The summed E-state index contributed by atoms with van der Waals surface area (Å²) in [5, 5.41) is 6.68. The van der Waals surface area contributed by atoms with Crippen LogP contribution in [-0.2, 0) is 4.79 Å². The topological polar surface area (TPSA) is 97.4 Å². The summed E-state index contributed by atoms with van der Waals surface area (Å²) in [5.74, 6) is -0.435. The molecule has 158 valence electrons. The van der Waals surface area contributed by atoms with Crippen molar-refractivity contribution in [1.82, 2.24) is 15.6 Å². The summed E-state index contributed by atoms with van der Waals surface area (Å²) in [6.07, 6.45) is 2.00. The third kappa shape index (κ3) is 5.21. The average Bonchev–Trinajstić information content (AvgIpc) is 3.61. The average molecular weight is 436 g/mol. The number of benzene rings is 2. The molecule has 1 aromatic heterocycles. The molecule has 0 bridgehead atoms. The van der Waals surface area contributed by atoms with E-state index in [0.717, 1.165) is 18.2 Å². The highest BCUT2D eigenvalue weighted by Gasteiger charge is 2.25. The van der Waals surface area contributed by atoms with Crippen molar-refractivity contribution in [1.29, 1.82) is 0 Å². The number of pyridine rings is 1. The van der Waals surface area contributed by atoms with E-state index in [4.69, 9.17) is 4.74 Å². The predicted molar refractivity (Wildman–Crippen MR) is 118 cm³/mol. The molecule has 4 rings (SSSR count). The second-order valence-electron chi connectivity index (χ2n) is 7.17. The fourth-order valence-electron chi connectivity index (χ4n) is 3.02. The Morgan fingerprint density at radius 1 is 1.06 bits per heavy atom. The first-order chi connectivity index (χ1) is 15.0. The van der Waals surface area contributed by atoms with Crippen molar-refractivity contribution in [3.05, 3.63) is 65.7 Å². The number of nitrogens with zero attached hydrogens (tertiary/aromatic N) is 1. The van der Waals surface area contributed by atoms with Crippen molar-refractivity contribution in [2.45, 2.75) is 23.9 Å². The second kappa shape index (κ2) is 9.18. The summed E-state index contributed by atoms with van der Waals surface area (Å²) < 4.78 is 5.06. The van der Waals surface area contributed by atoms with Crippen molar-refractivity contribution in [2.24, 2.45) is 0 Å². The van der Waals surface area contributed by atoms with Gasteiger partial charge in [0, 0.05) is 17.0 Å². The molecule has 3 amide bonds. The maximum atomic E-state index is 12.7. The molecule has 8 heteroatoms. The van der Waals surface area contributed by atoms with E-state index in [1.807, 2.05) is 24.3 Å². The molecule has 1 aliphatic rings. The number of thioether (sulfide) groups is 1. The maximum Gasteiger partial charge on any atom is 0.257 e. The second-order valence-corrected chi connectivity index (χ2v) is 8.16. The third-order valence-electron chi connectivity index (χ3n) is 4.81. The van der Waals surface area contributed by atoms with E-state index >= 15 is 0 Å². The summed E-state index contributed by atoms with van der Waals surface area (Å²) in [6.45, 7) is 0. The van der Waals surface area contributed by atoms with E-state index in [2.05, 4.69) is 15.6 Å². The van der Waals surface area contributed by atoms with E-state index in [1.165, 1.54) is 18.9 Å². The summed E-state index contributed by atoms with van der Waals surface area (Å²) in [7, 11) is 1.54. The van der Waals surface area contributed by atoms with Crippen molar-refractivity contribution in [2.75, 3.05) is 12.9 Å². The zero-order valence-corrected chi connectivity index (χ0v) is 17.7. The van der Waals surface area contributed by atoms with Crippen LogP contribution in [0.2, 0.25) is 0 Å². The first-order valence-electron chi connectivity index (χ1n) is 9.85. The number of rotatable bonds is 7. The van der Waals surface area contributed by atoms with Crippen molar-refractivity contribution >= 4 is 40.4 Å². The smallest absolute Gasteiger partial charge is 0.257 e. The molecule has 1 fully saturated rings. The van der Waals surface area contributed by atoms with Crippen molar-refractivity contribution in [3.8, 4) is 5.75 Å². The van der Waals surface area contributed by atoms with E-state index in [-0.39, 0.29) is 17.7 Å². The Balaban J connectivity index is 1.43. The van der Waals surface area contributed by atoms with Gasteiger partial charge in [-0.1, -0.05) is 30.0 Å². The lowest BCUT2D eigenvalue weighted by atomic mass is 10.1. The molecule has 2 N–H and O–H groups in total. The molecule has 0 aliphatic heterocycles. The van der Waals surface area contributed by atoms with E-state index < -0.39 is 11.8 Å². The lowest BCUT2D eigenvalue weighted by Crippen LogP contribution is -2.31. The number of methoxy groups -OCH3 is 1. The molecule has 3 aromatic rings. The zero-order valence-electron chi connectivity index (χ0n) is 16.9. The first kappa shape index (κ1) is 20.9. The minimum absolute atomic E-state index is 0.00306. The van der Waals surface area contributed by atoms with Gasteiger partial charge in [0.05, 0.1) is 29.0 Å². The highest BCUT2D eigenvalue weighted by atomic mass is 32.2. The van der Waals surface area contributed by atoms with Gasteiger partial charge in [0.2, 0.25) is 5.91 Å². The number of hydrogen-bond acceptors (Lipinski definition) is 6. The molecule has 2 aromatic carbocycles. The van der Waals surface area contributed by atoms with E-state index in [1.54, 1.807) is 30.3 Å². The summed E-state index contributed by atoms with van der Waals surface area (Å²) in [6, 6.07) is 15.8. The van der Waals surface area contributed by atoms with Crippen molar-refractivity contribution < 1.29 is 19.1 Å². The summed E-state index contributed by atoms with van der Waals surface area (Å²) in [4.78, 5) is 41.7. The number of fused-ring (bicyclic) bond motifs is 1. The number of nitrogens with one attached hydrogen (secondary N) is 2. The summed E-state index contributed by atoms with van der Waals surface area (Å²) >= 11 is 1.18. The highest BCUT2D eigenvalue weighted by Crippen LogP contribution is 2.26. The molecule has 7 nitrogen and oxygen atoms in total. The van der Waals surface area contributed by atoms with Gasteiger partial charge >= 0.3 is 0 Å². The molecular weight excluding hydrogens is 414 g/mol. The fourth-order valence-corrected chi connectivity index (χ4v) is 3.74. The van der Waals surface area contributed by atoms with Gasteiger partial charge < -0.3 is 10.1 Å². The number of carbonyl (C=O) groups excluding carboxylic acids is 3. The minimum Gasteiger partial charge on any atom is -0.497 e. The van der Waals surface area contributed by atoms with Gasteiger partial charge in [-0.3, -0.25) is 19.7 Å². The SMILES string of the molecule is COc1ccc(C(=O)NC(=O)CSc2cc(C(=O)NC3CC3)c3ccccc3n2)cc1. The Labute approximate surface area is 183 Å². The molecule has 31 heavy (non-hydrogen) atoms. The number of ether oxygens (including phenoxy) is 1. The Hall–Kier alpha value is -3.39. The largest absolute Gasteiger partial charge is 0.497 e.